The summed E-state index contributed by atoms with van der Waals surface area (Å²) in [6.07, 6.45) is 3.21. The summed E-state index contributed by atoms with van der Waals surface area (Å²) in [6.45, 7) is 0.571. The highest BCUT2D eigenvalue weighted by Gasteiger charge is 2.30. The fourth-order valence-corrected chi connectivity index (χ4v) is 4.52. The largest absolute Gasteiger partial charge is 0.384 e. The first-order valence-electron chi connectivity index (χ1n) is 6.89. The van der Waals surface area contributed by atoms with Gasteiger partial charge in [-0.2, -0.15) is 0 Å². The lowest BCUT2D eigenvalue weighted by molar-refractivity contribution is 0.217. The van der Waals surface area contributed by atoms with Crippen LogP contribution in [0.15, 0.2) is 24.3 Å². The average Bonchev–Trinajstić information content (AvgIpc) is 2.63. The third-order valence-electron chi connectivity index (χ3n) is 3.83. The summed E-state index contributed by atoms with van der Waals surface area (Å²) in [4.78, 5) is 0. The van der Waals surface area contributed by atoms with Crippen LogP contribution in [0.1, 0.15) is 30.0 Å². The minimum Gasteiger partial charge on any atom is -0.384 e. The first kappa shape index (κ1) is 14.7. The van der Waals surface area contributed by atoms with E-state index in [1.165, 1.54) is 11.1 Å². The molecule has 3 unspecified atom stereocenters. The van der Waals surface area contributed by atoms with Gasteiger partial charge in [-0.25, -0.2) is 0 Å². The van der Waals surface area contributed by atoms with Crippen LogP contribution in [-0.2, 0) is 22.0 Å². The number of fused-ring (bicyclic) bond motifs is 1. The molecule has 1 aliphatic rings. The monoisotopic (exact) mass is 281 g/mol. The van der Waals surface area contributed by atoms with Crippen molar-refractivity contribution < 1.29 is 8.95 Å². The Morgan fingerprint density at radius 3 is 2.95 bits per heavy atom. The summed E-state index contributed by atoms with van der Waals surface area (Å²) in [7, 11) is 2.79. The predicted octanol–water partition coefficient (Wildman–Crippen LogP) is 2.05. The second-order valence-corrected chi connectivity index (χ2v) is 6.75. The van der Waals surface area contributed by atoms with Gasteiger partial charge in [0.2, 0.25) is 0 Å². The normalized spacial score (nSPS) is 24.5. The molecule has 0 spiro atoms. The van der Waals surface area contributed by atoms with Crippen molar-refractivity contribution >= 4 is 10.8 Å². The molecule has 0 aromatic heterocycles. The molecule has 0 heterocycles. The molecule has 3 atom stereocenters. The predicted molar refractivity (Wildman–Crippen MR) is 79.9 cm³/mol. The first-order chi connectivity index (χ1) is 9.27. The molecule has 0 bridgehead atoms. The van der Waals surface area contributed by atoms with Gasteiger partial charge in [0.05, 0.1) is 11.9 Å². The van der Waals surface area contributed by atoms with E-state index in [0.29, 0.717) is 12.4 Å². The number of benzene rings is 1. The number of nitrogens with one attached hydrogen (secondary N) is 1. The highest BCUT2D eigenvalue weighted by atomic mass is 32.2. The third-order valence-corrected chi connectivity index (χ3v) is 5.59. The van der Waals surface area contributed by atoms with Gasteiger partial charge in [0.15, 0.2) is 0 Å². The SMILES string of the molecule is CNC1c2ccccc2CCCC1S(=O)CCOC. The molecular weight excluding hydrogens is 258 g/mol. The van der Waals surface area contributed by atoms with Crippen molar-refractivity contribution in [3.63, 3.8) is 0 Å². The Balaban J connectivity index is 2.23. The lowest BCUT2D eigenvalue weighted by Gasteiger charge is -2.25. The van der Waals surface area contributed by atoms with Crippen LogP contribution in [0.2, 0.25) is 0 Å². The molecule has 0 radical (unpaired) electrons. The molecule has 19 heavy (non-hydrogen) atoms. The molecule has 2 rings (SSSR count). The van der Waals surface area contributed by atoms with Gasteiger partial charge < -0.3 is 10.1 Å². The van der Waals surface area contributed by atoms with Gasteiger partial charge in [0.1, 0.15) is 0 Å². The third kappa shape index (κ3) is 3.44. The number of hydrogen-bond donors (Lipinski definition) is 1. The Labute approximate surface area is 118 Å². The van der Waals surface area contributed by atoms with E-state index in [9.17, 15) is 4.21 Å². The average molecular weight is 281 g/mol. The van der Waals surface area contributed by atoms with Gasteiger partial charge in [-0.05, 0) is 37.4 Å². The number of ether oxygens (including phenoxy) is 1. The molecule has 3 nitrogen and oxygen atoms in total. The van der Waals surface area contributed by atoms with E-state index < -0.39 is 10.8 Å². The van der Waals surface area contributed by atoms with E-state index in [4.69, 9.17) is 4.74 Å². The van der Waals surface area contributed by atoms with E-state index in [0.717, 1.165) is 19.3 Å². The minimum absolute atomic E-state index is 0.184. The van der Waals surface area contributed by atoms with Crippen molar-refractivity contribution in [3.05, 3.63) is 35.4 Å². The summed E-state index contributed by atoms with van der Waals surface area (Å²) in [5.41, 5.74) is 2.71. The lowest BCUT2D eigenvalue weighted by Crippen LogP contribution is -2.34. The smallest absolute Gasteiger partial charge is 0.0577 e. The second kappa shape index (κ2) is 7.17. The molecule has 1 aromatic carbocycles. The topological polar surface area (TPSA) is 38.3 Å². The Hall–Kier alpha value is -0.710. The molecule has 1 aliphatic carbocycles. The second-order valence-electron chi connectivity index (χ2n) is 4.97. The zero-order chi connectivity index (χ0) is 13.7. The van der Waals surface area contributed by atoms with Crippen LogP contribution in [-0.4, -0.2) is 36.0 Å². The van der Waals surface area contributed by atoms with E-state index in [-0.39, 0.29) is 11.3 Å². The molecule has 0 saturated carbocycles. The van der Waals surface area contributed by atoms with E-state index in [1.54, 1.807) is 7.11 Å². The van der Waals surface area contributed by atoms with Crippen molar-refractivity contribution in [2.45, 2.75) is 30.6 Å². The van der Waals surface area contributed by atoms with Crippen LogP contribution in [0.25, 0.3) is 0 Å². The fourth-order valence-electron chi connectivity index (χ4n) is 2.87. The van der Waals surface area contributed by atoms with Gasteiger partial charge in [0, 0.05) is 29.7 Å². The van der Waals surface area contributed by atoms with Crippen LogP contribution in [0.4, 0.5) is 0 Å². The van der Waals surface area contributed by atoms with E-state index in [2.05, 4.69) is 29.6 Å². The number of methoxy groups -OCH3 is 1. The number of hydrogen-bond acceptors (Lipinski definition) is 3. The van der Waals surface area contributed by atoms with E-state index in [1.807, 2.05) is 7.05 Å². The summed E-state index contributed by atoms with van der Waals surface area (Å²) < 4.78 is 17.5. The van der Waals surface area contributed by atoms with Gasteiger partial charge >= 0.3 is 0 Å². The maximum Gasteiger partial charge on any atom is 0.0577 e. The molecule has 0 amide bonds. The standard InChI is InChI=1S/C15H23NO2S/c1-16-15-13-8-4-3-6-12(13)7-5-9-14(15)19(17)11-10-18-2/h3-4,6,8,14-16H,5,7,9-11H2,1-2H3. The molecule has 0 fully saturated rings. The fraction of sp³-hybridized carbons (Fsp3) is 0.600. The molecule has 4 heteroatoms. The molecule has 0 aliphatic heterocycles. The lowest BCUT2D eigenvalue weighted by atomic mass is 9.99. The molecule has 0 saturated heterocycles. The first-order valence-corrected chi connectivity index (χ1v) is 8.27. The summed E-state index contributed by atoms with van der Waals surface area (Å²) >= 11 is 0. The highest BCUT2D eigenvalue weighted by molar-refractivity contribution is 7.85. The van der Waals surface area contributed by atoms with Crippen molar-refractivity contribution in [3.8, 4) is 0 Å². The van der Waals surface area contributed by atoms with Crippen molar-refractivity contribution in [2.24, 2.45) is 0 Å². The van der Waals surface area contributed by atoms with E-state index >= 15 is 0 Å². The highest BCUT2D eigenvalue weighted by Crippen LogP contribution is 2.31. The zero-order valence-corrected chi connectivity index (χ0v) is 12.5. The van der Waals surface area contributed by atoms with Crippen LogP contribution >= 0.6 is 0 Å². The summed E-state index contributed by atoms with van der Waals surface area (Å²) in [6, 6.07) is 8.72. The molecule has 106 valence electrons. The maximum atomic E-state index is 12.5. The molecule has 1 aromatic rings. The van der Waals surface area contributed by atoms with Crippen LogP contribution in [0.5, 0.6) is 0 Å². The molecular formula is C15H23NO2S. The van der Waals surface area contributed by atoms with Crippen LogP contribution < -0.4 is 5.32 Å². The van der Waals surface area contributed by atoms with Crippen LogP contribution in [0.3, 0.4) is 0 Å². The van der Waals surface area contributed by atoms with Crippen molar-refractivity contribution in [1.29, 1.82) is 0 Å². The van der Waals surface area contributed by atoms with Crippen molar-refractivity contribution in [2.75, 3.05) is 26.5 Å². The quantitative estimate of drug-likeness (QED) is 0.840. The Morgan fingerprint density at radius 1 is 1.42 bits per heavy atom. The molecule has 1 N–H and O–H groups in total. The van der Waals surface area contributed by atoms with Gasteiger partial charge in [0.25, 0.3) is 0 Å². The van der Waals surface area contributed by atoms with Crippen molar-refractivity contribution in [1.82, 2.24) is 5.32 Å². The number of rotatable bonds is 5. The zero-order valence-electron chi connectivity index (χ0n) is 11.7. The van der Waals surface area contributed by atoms with Gasteiger partial charge in [-0.3, -0.25) is 4.21 Å². The Bertz CT molecular complexity index is 436. The Kier molecular flexibility index (Phi) is 5.55. The van der Waals surface area contributed by atoms with Crippen LogP contribution in [0, 0.1) is 0 Å². The summed E-state index contributed by atoms with van der Waals surface area (Å²) in [5, 5.41) is 3.56. The van der Waals surface area contributed by atoms with Gasteiger partial charge in [-0.15, -0.1) is 0 Å². The summed E-state index contributed by atoms with van der Waals surface area (Å²) in [5.74, 6) is 0.627. The van der Waals surface area contributed by atoms with Gasteiger partial charge in [-0.1, -0.05) is 24.3 Å². The Morgan fingerprint density at radius 2 is 2.21 bits per heavy atom. The minimum atomic E-state index is -0.842. The number of aryl methyl sites for hydroxylation is 1. The maximum absolute atomic E-state index is 12.5.